The lowest BCUT2D eigenvalue weighted by molar-refractivity contribution is 0.460. The SMILES string of the molecule is CCNC(=NCc1ccnc(Oc2ccc(F)cc2)c1)NCc1ccccn1. The highest BCUT2D eigenvalue weighted by atomic mass is 19.1. The quantitative estimate of drug-likeness (QED) is 0.484. The molecule has 7 heteroatoms. The van der Waals surface area contributed by atoms with Gasteiger partial charge in [-0.05, 0) is 55.0 Å². The molecule has 2 N–H and O–H groups in total. The smallest absolute Gasteiger partial charge is 0.219 e. The maximum Gasteiger partial charge on any atom is 0.219 e. The molecule has 1 aromatic carbocycles. The highest BCUT2D eigenvalue weighted by Gasteiger charge is 2.03. The van der Waals surface area contributed by atoms with Crippen LogP contribution in [0.25, 0.3) is 0 Å². The summed E-state index contributed by atoms with van der Waals surface area (Å²) in [7, 11) is 0. The van der Waals surface area contributed by atoms with Gasteiger partial charge in [0.05, 0.1) is 18.8 Å². The van der Waals surface area contributed by atoms with Gasteiger partial charge in [-0.25, -0.2) is 14.4 Å². The third-order valence-electron chi connectivity index (χ3n) is 3.76. The average molecular weight is 379 g/mol. The lowest BCUT2D eigenvalue weighted by Crippen LogP contribution is -2.37. The van der Waals surface area contributed by atoms with Crippen molar-refractivity contribution >= 4 is 5.96 Å². The molecule has 0 unspecified atom stereocenters. The molecule has 0 amide bonds. The number of ether oxygens (including phenoxy) is 1. The van der Waals surface area contributed by atoms with E-state index in [4.69, 9.17) is 4.74 Å². The summed E-state index contributed by atoms with van der Waals surface area (Å²) in [5.74, 6) is 1.36. The van der Waals surface area contributed by atoms with Gasteiger partial charge in [-0.2, -0.15) is 0 Å². The fourth-order valence-electron chi connectivity index (χ4n) is 2.42. The van der Waals surface area contributed by atoms with Crippen LogP contribution in [0, 0.1) is 5.82 Å². The normalized spacial score (nSPS) is 11.1. The first-order chi connectivity index (χ1) is 13.7. The molecule has 3 rings (SSSR count). The van der Waals surface area contributed by atoms with Gasteiger partial charge in [0.15, 0.2) is 5.96 Å². The van der Waals surface area contributed by atoms with E-state index in [0.29, 0.717) is 30.7 Å². The summed E-state index contributed by atoms with van der Waals surface area (Å²) < 4.78 is 18.7. The van der Waals surface area contributed by atoms with Crippen molar-refractivity contribution in [3.63, 3.8) is 0 Å². The number of pyridine rings is 2. The Labute approximate surface area is 163 Å². The van der Waals surface area contributed by atoms with Crippen LogP contribution >= 0.6 is 0 Å². The molecular weight excluding hydrogens is 357 g/mol. The highest BCUT2D eigenvalue weighted by Crippen LogP contribution is 2.20. The van der Waals surface area contributed by atoms with Gasteiger partial charge in [0, 0.05) is 25.0 Å². The van der Waals surface area contributed by atoms with Crippen LogP contribution in [0.5, 0.6) is 11.6 Å². The van der Waals surface area contributed by atoms with Crippen molar-refractivity contribution < 1.29 is 9.13 Å². The number of aromatic nitrogens is 2. The Hall–Kier alpha value is -3.48. The summed E-state index contributed by atoms with van der Waals surface area (Å²) >= 11 is 0. The predicted molar refractivity (Wildman–Crippen MR) is 107 cm³/mol. The van der Waals surface area contributed by atoms with Crippen LogP contribution in [-0.2, 0) is 13.1 Å². The van der Waals surface area contributed by atoms with Gasteiger partial charge in [0.2, 0.25) is 5.88 Å². The van der Waals surface area contributed by atoms with Crippen molar-refractivity contribution in [3.8, 4) is 11.6 Å². The summed E-state index contributed by atoms with van der Waals surface area (Å²) in [6.45, 7) is 3.81. The zero-order valence-corrected chi connectivity index (χ0v) is 15.6. The van der Waals surface area contributed by atoms with Crippen LogP contribution in [0.1, 0.15) is 18.2 Å². The van der Waals surface area contributed by atoms with Crippen molar-refractivity contribution in [2.45, 2.75) is 20.0 Å². The number of benzene rings is 1. The van der Waals surface area contributed by atoms with Crippen LogP contribution < -0.4 is 15.4 Å². The third kappa shape index (κ3) is 6.05. The maximum absolute atomic E-state index is 13.0. The Morgan fingerprint density at radius 1 is 1.04 bits per heavy atom. The Morgan fingerprint density at radius 3 is 2.64 bits per heavy atom. The second-order valence-corrected chi connectivity index (χ2v) is 5.93. The van der Waals surface area contributed by atoms with E-state index in [2.05, 4.69) is 25.6 Å². The molecule has 0 saturated carbocycles. The highest BCUT2D eigenvalue weighted by molar-refractivity contribution is 5.79. The van der Waals surface area contributed by atoms with E-state index < -0.39 is 0 Å². The number of nitrogens with one attached hydrogen (secondary N) is 2. The third-order valence-corrected chi connectivity index (χ3v) is 3.76. The van der Waals surface area contributed by atoms with Crippen LogP contribution in [0.4, 0.5) is 4.39 Å². The molecule has 6 nitrogen and oxygen atoms in total. The molecule has 0 atom stereocenters. The molecule has 2 aromatic heterocycles. The fourth-order valence-corrected chi connectivity index (χ4v) is 2.42. The second-order valence-electron chi connectivity index (χ2n) is 5.93. The minimum absolute atomic E-state index is 0.308. The summed E-state index contributed by atoms with van der Waals surface area (Å²) in [6, 6.07) is 15.3. The Bertz CT molecular complexity index is 900. The standard InChI is InChI=1S/C21H22FN5O/c1-2-23-21(27-15-18-5-3-4-11-24-18)26-14-16-10-12-25-20(13-16)28-19-8-6-17(22)7-9-19/h3-13H,2,14-15H2,1H3,(H2,23,26,27). The van der Waals surface area contributed by atoms with Crippen molar-refractivity contribution in [1.82, 2.24) is 20.6 Å². The van der Waals surface area contributed by atoms with Gasteiger partial charge in [-0.3, -0.25) is 4.98 Å². The van der Waals surface area contributed by atoms with Gasteiger partial charge >= 0.3 is 0 Å². The molecule has 144 valence electrons. The molecule has 0 aliphatic heterocycles. The molecule has 3 aromatic rings. The molecule has 0 saturated heterocycles. The zero-order chi connectivity index (χ0) is 19.6. The Balaban J connectivity index is 1.62. The van der Waals surface area contributed by atoms with E-state index in [0.717, 1.165) is 17.8 Å². The molecule has 0 spiro atoms. The first kappa shape index (κ1) is 19.3. The van der Waals surface area contributed by atoms with Crippen molar-refractivity contribution in [1.29, 1.82) is 0 Å². The van der Waals surface area contributed by atoms with E-state index in [9.17, 15) is 4.39 Å². The lowest BCUT2D eigenvalue weighted by Gasteiger charge is -2.11. The fraction of sp³-hybridized carbons (Fsp3) is 0.190. The van der Waals surface area contributed by atoms with E-state index in [1.54, 1.807) is 24.5 Å². The van der Waals surface area contributed by atoms with Gasteiger partial charge < -0.3 is 15.4 Å². The van der Waals surface area contributed by atoms with Gasteiger partial charge in [-0.1, -0.05) is 6.07 Å². The minimum Gasteiger partial charge on any atom is -0.439 e. The molecule has 0 bridgehead atoms. The van der Waals surface area contributed by atoms with Gasteiger partial charge in [0.25, 0.3) is 0 Å². The van der Waals surface area contributed by atoms with E-state index in [1.165, 1.54) is 12.1 Å². The monoisotopic (exact) mass is 379 g/mol. The van der Waals surface area contributed by atoms with E-state index in [1.807, 2.05) is 37.3 Å². The van der Waals surface area contributed by atoms with Crippen LogP contribution in [0.2, 0.25) is 0 Å². The summed E-state index contributed by atoms with van der Waals surface area (Å²) in [5.41, 5.74) is 1.88. The zero-order valence-electron chi connectivity index (χ0n) is 15.6. The minimum atomic E-state index is -0.308. The molecule has 0 aliphatic rings. The van der Waals surface area contributed by atoms with Crippen molar-refractivity contribution in [2.75, 3.05) is 6.54 Å². The number of rotatable bonds is 7. The number of halogens is 1. The van der Waals surface area contributed by atoms with E-state index >= 15 is 0 Å². The van der Waals surface area contributed by atoms with Crippen molar-refractivity contribution in [3.05, 3.63) is 84.1 Å². The van der Waals surface area contributed by atoms with E-state index in [-0.39, 0.29) is 5.82 Å². The Kier molecular flexibility index (Phi) is 6.89. The van der Waals surface area contributed by atoms with Crippen LogP contribution in [-0.4, -0.2) is 22.5 Å². The lowest BCUT2D eigenvalue weighted by atomic mass is 10.2. The van der Waals surface area contributed by atoms with Gasteiger partial charge in [0.1, 0.15) is 11.6 Å². The molecule has 0 radical (unpaired) electrons. The van der Waals surface area contributed by atoms with Crippen molar-refractivity contribution in [2.24, 2.45) is 4.99 Å². The number of hydrogen-bond acceptors (Lipinski definition) is 4. The summed E-state index contributed by atoms with van der Waals surface area (Å²) in [4.78, 5) is 13.1. The number of aliphatic imine (C=N–C) groups is 1. The van der Waals surface area contributed by atoms with Crippen LogP contribution in [0.3, 0.4) is 0 Å². The molecule has 0 aliphatic carbocycles. The molecule has 0 fully saturated rings. The maximum atomic E-state index is 13.0. The Morgan fingerprint density at radius 2 is 1.89 bits per heavy atom. The molecule has 28 heavy (non-hydrogen) atoms. The van der Waals surface area contributed by atoms with Crippen LogP contribution in [0.15, 0.2) is 72.0 Å². The number of hydrogen-bond donors (Lipinski definition) is 2. The average Bonchev–Trinajstić information content (AvgIpc) is 2.73. The predicted octanol–water partition coefficient (Wildman–Crippen LogP) is 3.66. The largest absolute Gasteiger partial charge is 0.439 e. The summed E-state index contributed by atoms with van der Waals surface area (Å²) in [5, 5.41) is 6.47. The molecular formula is C21H22FN5O. The second kappa shape index (κ2) is 10.0. The summed E-state index contributed by atoms with van der Waals surface area (Å²) in [6.07, 6.45) is 3.43. The number of nitrogens with zero attached hydrogens (tertiary/aromatic N) is 3. The molecule has 2 heterocycles. The first-order valence-corrected chi connectivity index (χ1v) is 9.03. The topological polar surface area (TPSA) is 71.4 Å². The first-order valence-electron chi connectivity index (χ1n) is 9.03. The van der Waals surface area contributed by atoms with Gasteiger partial charge in [-0.15, -0.1) is 0 Å². The number of guanidine groups is 1.